The van der Waals surface area contributed by atoms with E-state index in [-0.39, 0.29) is 0 Å². The lowest BCUT2D eigenvalue weighted by Gasteiger charge is -2.04. The highest BCUT2D eigenvalue weighted by Gasteiger charge is 2.08. The van der Waals surface area contributed by atoms with Crippen LogP contribution in [0.2, 0.25) is 0 Å². The predicted molar refractivity (Wildman–Crippen MR) is 84.3 cm³/mol. The van der Waals surface area contributed by atoms with Gasteiger partial charge in [0.1, 0.15) is 17.1 Å². The van der Waals surface area contributed by atoms with Gasteiger partial charge in [-0.2, -0.15) is 0 Å². The van der Waals surface area contributed by atoms with E-state index in [4.69, 9.17) is 0 Å². The normalized spacial score (nSPS) is 13.3. The Labute approximate surface area is 129 Å². The van der Waals surface area contributed by atoms with Gasteiger partial charge in [-0.15, -0.1) is 10.2 Å². The highest BCUT2D eigenvalue weighted by molar-refractivity contribution is 5.97. The molecule has 2 heterocycles. The summed E-state index contributed by atoms with van der Waals surface area (Å²) in [6.45, 7) is 4.05. The lowest BCUT2D eigenvalue weighted by molar-refractivity contribution is 1.05. The van der Waals surface area contributed by atoms with Gasteiger partial charge in [-0.25, -0.2) is 4.98 Å². The van der Waals surface area contributed by atoms with E-state index in [1.807, 2.05) is 6.92 Å². The molecule has 0 unspecified atom stereocenters. The fourth-order valence-corrected chi connectivity index (χ4v) is 1.67. The Morgan fingerprint density at radius 2 is 1.59 bits per heavy atom. The van der Waals surface area contributed by atoms with E-state index in [0.717, 1.165) is 12.0 Å². The van der Waals surface area contributed by atoms with E-state index in [9.17, 15) is 0 Å². The highest BCUT2D eigenvalue weighted by Crippen LogP contribution is 2.20. The number of aromatic nitrogens is 4. The number of aliphatic imine (C=N–C) groups is 1. The summed E-state index contributed by atoms with van der Waals surface area (Å²) in [6, 6.07) is 0. The van der Waals surface area contributed by atoms with Gasteiger partial charge in [-0.1, -0.05) is 6.92 Å². The van der Waals surface area contributed by atoms with Crippen molar-refractivity contribution in [1.82, 2.24) is 19.9 Å². The van der Waals surface area contributed by atoms with Crippen molar-refractivity contribution in [2.45, 2.75) is 20.3 Å². The maximum atomic E-state index is 4.32. The molecule has 22 heavy (non-hydrogen) atoms. The van der Waals surface area contributed by atoms with E-state index < -0.39 is 0 Å². The molecule has 0 aliphatic rings. The van der Waals surface area contributed by atoms with Crippen LogP contribution in [0.15, 0.2) is 58.0 Å². The quantitative estimate of drug-likeness (QED) is 0.493. The Morgan fingerprint density at radius 1 is 0.955 bits per heavy atom. The van der Waals surface area contributed by atoms with Gasteiger partial charge in [0, 0.05) is 31.8 Å². The van der Waals surface area contributed by atoms with Crippen LogP contribution >= 0.6 is 0 Å². The Morgan fingerprint density at radius 3 is 2.09 bits per heavy atom. The number of rotatable bonds is 4. The summed E-state index contributed by atoms with van der Waals surface area (Å²) in [5, 5.41) is 8.52. The van der Waals surface area contributed by atoms with Crippen molar-refractivity contribution in [2.24, 2.45) is 15.2 Å². The number of azo groups is 1. The van der Waals surface area contributed by atoms with Crippen LogP contribution in [0.5, 0.6) is 0 Å². The smallest absolute Gasteiger partial charge is 0.197 e. The molecule has 0 saturated carbocycles. The van der Waals surface area contributed by atoms with Crippen molar-refractivity contribution in [1.29, 1.82) is 0 Å². The summed E-state index contributed by atoms with van der Waals surface area (Å²) in [5.74, 6) is 0.415. The van der Waals surface area contributed by atoms with Crippen LogP contribution in [0, 0.1) is 0 Å². The Balaban J connectivity index is 2.36. The molecule has 2 aromatic rings. The van der Waals surface area contributed by atoms with Crippen LogP contribution < -0.4 is 0 Å². The average molecular weight is 295 g/mol. The lowest BCUT2D eigenvalue weighted by Crippen LogP contribution is -2.00. The summed E-state index contributed by atoms with van der Waals surface area (Å²) in [5.41, 5.74) is 3.01. The molecule has 0 fully saturated rings. The van der Waals surface area contributed by atoms with Crippen molar-refractivity contribution in [3.05, 3.63) is 54.1 Å². The van der Waals surface area contributed by atoms with Gasteiger partial charge in [0.25, 0.3) is 0 Å². The van der Waals surface area contributed by atoms with Gasteiger partial charge in [0.15, 0.2) is 5.84 Å². The number of hydrogen-bond donors (Lipinski definition) is 0. The fourth-order valence-electron chi connectivity index (χ4n) is 1.67. The molecule has 0 N–H and O–H groups in total. The molecule has 112 valence electrons. The first-order valence-electron chi connectivity index (χ1n) is 6.87. The summed E-state index contributed by atoms with van der Waals surface area (Å²) >= 11 is 0. The molecule has 0 spiro atoms. The molecule has 2 rings (SSSR count). The highest BCUT2D eigenvalue weighted by atomic mass is 15.2. The van der Waals surface area contributed by atoms with Crippen molar-refractivity contribution in [2.75, 3.05) is 7.05 Å². The van der Waals surface area contributed by atoms with E-state index in [1.54, 1.807) is 44.2 Å². The van der Waals surface area contributed by atoms with Gasteiger partial charge in [-0.3, -0.25) is 19.9 Å². The Kier molecular flexibility index (Phi) is 5.53. The number of allylic oxidation sites excluding steroid dienone is 1. The molecule has 0 atom stereocenters. The zero-order valence-electron chi connectivity index (χ0n) is 12.8. The summed E-state index contributed by atoms with van der Waals surface area (Å²) in [7, 11) is 1.64. The van der Waals surface area contributed by atoms with E-state index in [2.05, 4.69) is 42.1 Å². The summed E-state index contributed by atoms with van der Waals surface area (Å²) < 4.78 is 0. The zero-order valence-corrected chi connectivity index (χ0v) is 12.8. The first kappa shape index (κ1) is 15.6. The average Bonchev–Trinajstić information content (AvgIpc) is 2.60. The summed E-state index contributed by atoms with van der Waals surface area (Å²) in [4.78, 5) is 20.6. The zero-order chi connectivity index (χ0) is 15.8. The van der Waals surface area contributed by atoms with Crippen LogP contribution in [-0.4, -0.2) is 32.8 Å². The predicted octanol–water partition coefficient (Wildman–Crippen LogP) is 2.94. The van der Waals surface area contributed by atoms with E-state index in [0.29, 0.717) is 22.9 Å². The largest absolute Gasteiger partial charge is 0.267 e. The monoisotopic (exact) mass is 295 g/mol. The molecule has 0 amide bonds. The fraction of sp³-hybridized carbons (Fsp3) is 0.267. The van der Waals surface area contributed by atoms with Crippen LogP contribution in [-0.2, 0) is 0 Å². The Hall–Kier alpha value is -2.83. The van der Waals surface area contributed by atoms with Crippen LogP contribution in [0.1, 0.15) is 31.7 Å². The maximum absolute atomic E-state index is 4.32. The second kappa shape index (κ2) is 7.82. The van der Waals surface area contributed by atoms with Gasteiger partial charge < -0.3 is 0 Å². The van der Waals surface area contributed by atoms with Gasteiger partial charge in [0.05, 0.1) is 12.4 Å². The molecule has 0 radical (unpaired) electrons. The molecule has 7 nitrogen and oxygen atoms in total. The maximum Gasteiger partial charge on any atom is 0.197 e. The molecule has 7 heteroatoms. The second-order valence-corrected chi connectivity index (χ2v) is 4.41. The molecule has 0 aliphatic carbocycles. The van der Waals surface area contributed by atoms with Gasteiger partial charge in [0.2, 0.25) is 0 Å². The van der Waals surface area contributed by atoms with Crippen molar-refractivity contribution in [3.8, 4) is 0 Å². The minimum atomic E-state index is 0.415. The molecule has 2 aromatic heterocycles. The topological polar surface area (TPSA) is 88.6 Å². The van der Waals surface area contributed by atoms with E-state index >= 15 is 0 Å². The third-order valence-corrected chi connectivity index (χ3v) is 2.99. The first-order chi connectivity index (χ1) is 10.8. The van der Waals surface area contributed by atoms with Gasteiger partial charge >= 0.3 is 0 Å². The first-order valence-corrected chi connectivity index (χ1v) is 6.87. The lowest BCUT2D eigenvalue weighted by atomic mass is 10.1. The number of nitrogens with zero attached hydrogens (tertiary/aromatic N) is 7. The van der Waals surface area contributed by atoms with E-state index in [1.165, 1.54) is 0 Å². The number of amidine groups is 1. The van der Waals surface area contributed by atoms with Gasteiger partial charge in [-0.05, 0) is 18.9 Å². The second-order valence-electron chi connectivity index (χ2n) is 4.41. The SMILES string of the molecule is CCC(C)=C(N=NC(=NC)c1cnccn1)c1cnccn1. The Bertz CT molecular complexity index is 690. The minimum Gasteiger partial charge on any atom is -0.267 e. The van der Waals surface area contributed by atoms with Crippen LogP contribution in [0.3, 0.4) is 0 Å². The number of hydrogen-bond acceptors (Lipinski definition) is 6. The summed E-state index contributed by atoms with van der Waals surface area (Å²) in [6.07, 6.45) is 10.5. The van der Waals surface area contributed by atoms with Crippen molar-refractivity contribution < 1.29 is 0 Å². The minimum absolute atomic E-state index is 0.415. The molecule has 0 saturated heterocycles. The van der Waals surface area contributed by atoms with Crippen LogP contribution in [0.25, 0.3) is 5.70 Å². The van der Waals surface area contributed by atoms with Crippen molar-refractivity contribution in [3.63, 3.8) is 0 Å². The third-order valence-electron chi connectivity index (χ3n) is 2.99. The molecule has 0 aromatic carbocycles. The van der Waals surface area contributed by atoms with Crippen LogP contribution in [0.4, 0.5) is 0 Å². The standard InChI is InChI=1S/C15H17N7/c1-4-11(2)14(12-9-17-5-7-19-12)21-22-15(16-3)13-10-18-6-8-20-13/h5-10H,4H2,1-3H3. The molecular weight excluding hydrogens is 278 g/mol. The molecular formula is C15H17N7. The third kappa shape index (κ3) is 3.85. The molecule has 0 aliphatic heterocycles. The van der Waals surface area contributed by atoms with Crippen molar-refractivity contribution >= 4 is 11.5 Å². The molecule has 0 bridgehead atoms.